The van der Waals surface area contributed by atoms with Crippen LogP contribution in [0.5, 0.6) is 0 Å². The van der Waals surface area contributed by atoms with E-state index in [2.05, 4.69) is 31.9 Å². The van der Waals surface area contributed by atoms with Crippen molar-refractivity contribution in [1.82, 2.24) is 14.3 Å². The number of aromatic nitrogens is 3. The zero-order valence-electron chi connectivity index (χ0n) is 11.7. The highest BCUT2D eigenvalue weighted by Crippen LogP contribution is 2.22. The van der Waals surface area contributed by atoms with E-state index < -0.39 is 0 Å². The molecule has 22 heavy (non-hydrogen) atoms. The molecule has 0 fully saturated rings. The van der Waals surface area contributed by atoms with E-state index in [0.717, 1.165) is 14.7 Å². The standard InChI is InChI=1S/C15H11BrN4OS/c1-3-8-20-11-5-4-10(16)9-13(11)22-15(20)18-14(21)12-6-7-17-19(12)2/h1,4-7,9H,8H2,2H3. The lowest BCUT2D eigenvalue weighted by Gasteiger charge is -2.00. The number of rotatable bonds is 2. The van der Waals surface area contributed by atoms with Gasteiger partial charge in [0.1, 0.15) is 5.69 Å². The van der Waals surface area contributed by atoms with Crippen LogP contribution in [0.1, 0.15) is 10.5 Å². The number of hydrogen-bond acceptors (Lipinski definition) is 3. The topological polar surface area (TPSA) is 52.2 Å². The van der Waals surface area contributed by atoms with E-state index in [-0.39, 0.29) is 5.91 Å². The van der Waals surface area contributed by atoms with Crippen LogP contribution < -0.4 is 4.80 Å². The maximum absolute atomic E-state index is 12.3. The first-order valence-corrected chi connectivity index (χ1v) is 8.00. The van der Waals surface area contributed by atoms with Gasteiger partial charge >= 0.3 is 0 Å². The fraction of sp³-hybridized carbons (Fsp3) is 0.133. The van der Waals surface area contributed by atoms with Crippen molar-refractivity contribution in [1.29, 1.82) is 0 Å². The van der Waals surface area contributed by atoms with E-state index in [1.807, 2.05) is 22.8 Å². The zero-order valence-corrected chi connectivity index (χ0v) is 14.1. The Bertz CT molecular complexity index is 973. The number of benzene rings is 1. The molecular weight excluding hydrogens is 364 g/mol. The number of nitrogens with zero attached hydrogens (tertiary/aromatic N) is 4. The lowest BCUT2D eigenvalue weighted by molar-refractivity contribution is 0.0989. The van der Waals surface area contributed by atoms with E-state index in [0.29, 0.717) is 17.0 Å². The van der Waals surface area contributed by atoms with Crippen LogP contribution in [0.2, 0.25) is 0 Å². The van der Waals surface area contributed by atoms with Gasteiger partial charge in [-0.25, -0.2) is 0 Å². The fourth-order valence-corrected chi connectivity index (χ4v) is 3.68. The van der Waals surface area contributed by atoms with Crippen LogP contribution in [-0.2, 0) is 13.6 Å². The molecule has 0 saturated heterocycles. The average molecular weight is 375 g/mol. The highest BCUT2D eigenvalue weighted by Gasteiger charge is 2.11. The molecule has 3 rings (SSSR count). The van der Waals surface area contributed by atoms with Gasteiger partial charge in [0.15, 0.2) is 4.80 Å². The summed E-state index contributed by atoms with van der Waals surface area (Å²) in [5.41, 5.74) is 1.40. The van der Waals surface area contributed by atoms with Gasteiger partial charge in [-0.05, 0) is 24.3 Å². The molecule has 1 aromatic carbocycles. The molecule has 0 atom stereocenters. The number of fused-ring (bicyclic) bond motifs is 1. The third-order valence-electron chi connectivity index (χ3n) is 3.13. The number of aryl methyl sites for hydroxylation is 1. The Morgan fingerprint density at radius 3 is 3.00 bits per heavy atom. The van der Waals surface area contributed by atoms with Crippen LogP contribution in [0.4, 0.5) is 0 Å². The van der Waals surface area contributed by atoms with E-state index >= 15 is 0 Å². The molecule has 7 heteroatoms. The molecule has 0 spiro atoms. The second kappa shape index (κ2) is 5.91. The Morgan fingerprint density at radius 2 is 2.32 bits per heavy atom. The van der Waals surface area contributed by atoms with Gasteiger partial charge in [-0.3, -0.25) is 9.48 Å². The van der Waals surface area contributed by atoms with E-state index in [1.54, 1.807) is 19.3 Å². The summed E-state index contributed by atoms with van der Waals surface area (Å²) < 4.78 is 5.35. The van der Waals surface area contributed by atoms with Gasteiger partial charge in [-0.1, -0.05) is 33.2 Å². The summed E-state index contributed by atoms with van der Waals surface area (Å²) in [5.74, 6) is 2.27. The van der Waals surface area contributed by atoms with Gasteiger partial charge in [0.25, 0.3) is 5.91 Å². The van der Waals surface area contributed by atoms with Crippen LogP contribution in [0.15, 0.2) is 39.9 Å². The quantitative estimate of drug-likeness (QED) is 0.647. The Morgan fingerprint density at radius 1 is 1.50 bits per heavy atom. The third-order valence-corrected chi connectivity index (χ3v) is 4.67. The van der Waals surface area contributed by atoms with Crippen molar-refractivity contribution in [3.63, 3.8) is 0 Å². The van der Waals surface area contributed by atoms with Crippen molar-refractivity contribution < 1.29 is 4.79 Å². The molecule has 5 nitrogen and oxygen atoms in total. The Labute approximate surface area is 139 Å². The first-order chi connectivity index (χ1) is 10.6. The van der Waals surface area contributed by atoms with Crippen LogP contribution >= 0.6 is 27.3 Å². The predicted molar refractivity (Wildman–Crippen MR) is 89.4 cm³/mol. The molecule has 0 radical (unpaired) electrons. The van der Waals surface area contributed by atoms with Crippen molar-refractivity contribution in [3.05, 3.63) is 45.4 Å². The lowest BCUT2D eigenvalue weighted by Crippen LogP contribution is -2.17. The average Bonchev–Trinajstić information content (AvgIpc) is 3.03. The smallest absolute Gasteiger partial charge is 0.297 e. The summed E-state index contributed by atoms with van der Waals surface area (Å²) in [6, 6.07) is 7.53. The molecule has 3 aromatic rings. The summed E-state index contributed by atoms with van der Waals surface area (Å²) in [4.78, 5) is 17.1. The highest BCUT2D eigenvalue weighted by atomic mass is 79.9. The molecular formula is C15H11BrN4OS. The Kier molecular flexibility index (Phi) is 3.96. The maximum Gasteiger partial charge on any atom is 0.297 e. The molecule has 0 aliphatic rings. The van der Waals surface area contributed by atoms with E-state index in [9.17, 15) is 4.79 Å². The minimum Gasteiger partial charge on any atom is -0.305 e. The first kappa shape index (κ1) is 14.8. The van der Waals surface area contributed by atoms with Gasteiger partial charge in [0.05, 0.1) is 16.8 Å². The van der Waals surface area contributed by atoms with Crippen LogP contribution in [-0.4, -0.2) is 20.3 Å². The molecule has 0 aliphatic carbocycles. The third kappa shape index (κ3) is 2.63. The van der Waals surface area contributed by atoms with Crippen molar-refractivity contribution in [2.75, 3.05) is 0 Å². The Hall–Kier alpha value is -2.17. The number of carbonyl (C=O) groups is 1. The van der Waals surface area contributed by atoms with E-state index in [4.69, 9.17) is 6.42 Å². The first-order valence-electron chi connectivity index (χ1n) is 6.39. The second-order valence-corrected chi connectivity index (χ2v) is 6.47. The number of amides is 1. The molecule has 0 unspecified atom stereocenters. The largest absolute Gasteiger partial charge is 0.305 e. The number of carbonyl (C=O) groups excluding carboxylic acids is 1. The van der Waals surface area contributed by atoms with Gasteiger partial charge < -0.3 is 4.57 Å². The minimum atomic E-state index is -0.337. The zero-order chi connectivity index (χ0) is 15.7. The van der Waals surface area contributed by atoms with Crippen LogP contribution in [0.25, 0.3) is 10.2 Å². The van der Waals surface area contributed by atoms with Gasteiger partial charge in [0, 0.05) is 17.7 Å². The molecule has 0 aliphatic heterocycles. The fourth-order valence-electron chi connectivity index (χ4n) is 2.10. The second-order valence-electron chi connectivity index (χ2n) is 4.54. The Balaban J connectivity index is 2.19. The molecule has 0 saturated carbocycles. The normalized spacial score (nSPS) is 11.8. The number of halogens is 1. The predicted octanol–water partition coefficient (Wildman–Crippen LogP) is 2.57. The molecule has 110 valence electrons. The van der Waals surface area contributed by atoms with Crippen LogP contribution in [0.3, 0.4) is 0 Å². The van der Waals surface area contributed by atoms with Gasteiger partial charge in [0.2, 0.25) is 0 Å². The summed E-state index contributed by atoms with van der Waals surface area (Å²) >= 11 is 4.87. The van der Waals surface area contributed by atoms with Gasteiger partial charge in [-0.2, -0.15) is 10.1 Å². The number of terminal acetylenes is 1. The highest BCUT2D eigenvalue weighted by molar-refractivity contribution is 9.10. The summed E-state index contributed by atoms with van der Waals surface area (Å²) in [6.07, 6.45) is 7.01. The molecule has 1 amide bonds. The summed E-state index contributed by atoms with van der Waals surface area (Å²) in [5, 5.41) is 3.99. The molecule has 2 aromatic heterocycles. The summed E-state index contributed by atoms with van der Waals surface area (Å²) in [6.45, 7) is 0.360. The van der Waals surface area contributed by atoms with Crippen molar-refractivity contribution in [3.8, 4) is 12.3 Å². The van der Waals surface area contributed by atoms with Crippen LogP contribution in [0, 0.1) is 12.3 Å². The van der Waals surface area contributed by atoms with Crippen molar-refractivity contribution in [2.45, 2.75) is 6.54 Å². The number of thiazole rings is 1. The minimum absolute atomic E-state index is 0.337. The van der Waals surface area contributed by atoms with E-state index in [1.165, 1.54) is 16.0 Å². The molecule has 2 heterocycles. The number of hydrogen-bond donors (Lipinski definition) is 0. The molecule has 0 N–H and O–H groups in total. The van der Waals surface area contributed by atoms with Gasteiger partial charge in [-0.15, -0.1) is 6.42 Å². The molecule has 0 bridgehead atoms. The summed E-state index contributed by atoms with van der Waals surface area (Å²) in [7, 11) is 1.71. The van der Waals surface area contributed by atoms with Crippen molar-refractivity contribution in [2.24, 2.45) is 12.0 Å². The monoisotopic (exact) mass is 374 g/mol. The van der Waals surface area contributed by atoms with Crippen molar-refractivity contribution >= 4 is 43.4 Å². The SMILES string of the molecule is C#CCn1c(=NC(=O)c2ccnn2C)sc2cc(Br)ccc21. The maximum atomic E-state index is 12.3. The lowest BCUT2D eigenvalue weighted by atomic mass is 10.3.